The van der Waals surface area contributed by atoms with Gasteiger partial charge < -0.3 is 15.0 Å². The van der Waals surface area contributed by atoms with Crippen molar-refractivity contribution < 1.29 is 9.53 Å². The van der Waals surface area contributed by atoms with Crippen molar-refractivity contribution in [1.82, 2.24) is 15.1 Å². The third-order valence-corrected chi connectivity index (χ3v) is 4.80. The van der Waals surface area contributed by atoms with Crippen LogP contribution in [-0.4, -0.2) is 67.7 Å². The fraction of sp³-hybridized carbons (Fsp3) is 0.611. The molecule has 5 heteroatoms. The zero-order valence-electron chi connectivity index (χ0n) is 14.0. The second-order valence-electron chi connectivity index (χ2n) is 6.51. The van der Waals surface area contributed by atoms with Gasteiger partial charge >= 0.3 is 0 Å². The van der Waals surface area contributed by atoms with E-state index in [-0.39, 0.29) is 11.9 Å². The van der Waals surface area contributed by atoms with E-state index in [1.54, 1.807) is 0 Å². The van der Waals surface area contributed by atoms with Crippen molar-refractivity contribution in [2.24, 2.45) is 0 Å². The molecular formula is C18H27N3O2. The Morgan fingerprint density at radius 2 is 2.04 bits per heavy atom. The lowest BCUT2D eigenvalue weighted by Crippen LogP contribution is -2.51. The molecule has 0 saturated carbocycles. The molecule has 1 unspecified atom stereocenters. The first-order valence-corrected chi connectivity index (χ1v) is 8.58. The van der Waals surface area contributed by atoms with Gasteiger partial charge in [0, 0.05) is 51.7 Å². The van der Waals surface area contributed by atoms with Gasteiger partial charge in [-0.3, -0.25) is 9.69 Å². The van der Waals surface area contributed by atoms with Crippen LogP contribution in [0.4, 0.5) is 0 Å². The number of nitrogens with one attached hydrogen (secondary N) is 1. The van der Waals surface area contributed by atoms with Crippen molar-refractivity contribution in [1.29, 1.82) is 0 Å². The molecule has 0 aliphatic carbocycles. The molecule has 1 amide bonds. The molecule has 0 bridgehead atoms. The number of piperazine rings is 1. The number of hydrogen-bond acceptors (Lipinski definition) is 4. The van der Waals surface area contributed by atoms with Crippen LogP contribution < -0.4 is 5.32 Å². The molecule has 2 saturated heterocycles. The molecule has 1 atom stereocenters. The molecule has 1 N–H and O–H groups in total. The second kappa shape index (κ2) is 7.90. The maximum atomic E-state index is 12.4. The fourth-order valence-electron chi connectivity index (χ4n) is 3.27. The molecule has 3 rings (SSSR count). The Balaban J connectivity index is 1.44. The number of amides is 1. The first-order chi connectivity index (χ1) is 11.2. The van der Waals surface area contributed by atoms with E-state index in [1.165, 1.54) is 11.1 Å². The van der Waals surface area contributed by atoms with Crippen LogP contribution in [0, 0.1) is 6.92 Å². The third kappa shape index (κ3) is 4.53. The lowest BCUT2D eigenvalue weighted by molar-refractivity contribution is -0.134. The minimum Gasteiger partial charge on any atom is -0.378 e. The minimum absolute atomic E-state index is 0.182. The molecule has 0 radical (unpaired) electrons. The second-order valence-corrected chi connectivity index (χ2v) is 6.51. The molecule has 5 nitrogen and oxygen atoms in total. The highest BCUT2D eigenvalue weighted by Gasteiger charge is 2.24. The number of benzene rings is 1. The number of ether oxygens (including phenoxy) is 1. The molecule has 2 fully saturated rings. The zero-order chi connectivity index (χ0) is 16.1. The number of hydrogen-bond donors (Lipinski definition) is 1. The van der Waals surface area contributed by atoms with Crippen LogP contribution in [0.25, 0.3) is 0 Å². The summed E-state index contributed by atoms with van der Waals surface area (Å²) in [7, 11) is 0. The Hall–Kier alpha value is -1.43. The minimum atomic E-state index is 0.182. The van der Waals surface area contributed by atoms with Crippen LogP contribution in [0.2, 0.25) is 0 Å². The van der Waals surface area contributed by atoms with Gasteiger partial charge in [0.15, 0.2) is 0 Å². The van der Waals surface area contributed by atoms with Gasteiger partial charge in [-0.1, -0.05) is 24.3 Å². The molecule has 1 aromatic rings. The van der Waals surface area contributed by atoms with E-state index < -0.39 is 0 Å². The highest BCUT2D eigenvalue weighted by molar-refractivity contribution is 5.77. The Kier molecular flexibility index (Phi) is 5.65. The fourth-order valence-corrected chi connectivity index (χ4v) is 3.27. The smallest absolute Gasteiger partial charge is 0.224 e. The highest BCUT2D eigenvalue weighted by Crippen LogP contribution is 2.13. The number of carbonyl (C=O) groups excluding carboxylic acids is 1. The molecule has 2 aliphatic rings. The SMILES string of the molecule is Cc1ccccc1CN1CCN(C(=O)CC2COCCN2)CC1. The van der Waals surface area contributed by atoms with E-state index in [1.807, 2.05) is 4.90 Å². The van der Waals surface area contributed by atoms with Crippen LogP contribution in [0.15, 0.2) is 24.3 Å². The topological polar surface area (TPSA) is 44.8 Å². The third-order valence-electron chi connectivity index (χ3n) is 4.80. The molecule has 2 heterocycles. The van der Waals surface area contributed by atoms with Gasteiger partial charge in [-0.2, -0.15) is 0 Å². The van der Waals surface area contributed by atoms with E-state index in [0.29, 0.717) is 13.0 Å². The molecule has 2 aliphatic heterocycles. The summed E-state index contributed by atoms with van der Waals surface area (Å²) in [5, 5.41) is 3.35. The van der Waals surface area contributed by atoms with Gasteiger partial charge in [0.25, 0.3) is 0 Å². The predicted molar refractivity (Wildman–Crippen MR) is 90.3 cm³/mol. The summed E-state index contributed by atoms with van der Waals surface area (Å²) >= 11 is 0. The average molecular weight is 317 g/mol. The Bertz CT molecular complexity index is 521. The summed E-state index contributed by atoms with van der Waals surface area (Å²) in [6.07, 6.45) is 0.553. The van der Waals surface area contributed by atoms with Gasteiger partial charge in [-0.15, -0.1) is 0 Å². The van der Waals surface area contributed by atoms with Crippen molar-refractivity contribution in [2.45, 2.75) is 25.9 Å². The summed E-state index contributed by atoms with van der Waals surface area (Å²) in [4.78, 5) is 16.8. The largest absolute Gasteiger partial charge is 0.378 e. The van der Waals surface area contributed by atoms with Gasteiger partial charge in [0.05, 0.1) is 13.2 Å². The van der Waals surface area contributed by atoms with Crippen LogP contribution in [-0.2, 0) is 16.1 Å². The van der Waals surface area contributed by atoms with E-state index in [4.69, 9.17) is 4.74 Å². The molecule has 0 aromatic heterocycles. The van der Waals surface area contributed by atoms with Crippen molar-refractivity contribution in [3.63, 3.8) is 0 Å². The average Bonchev–Trinajstić information content (AvgIpc) is 2.58. The van der Waals surface area contributed by atoms with Crippen LogP contribution >= 0.6 is 0 Å². The molecule has 0 spiro atoms. The van der Waals surface area contributed by atoms with Crippen molar-refractivity contribution in [3.05, 3.63) is 35.4 Å². The van der Waals surface area contributed by atoms with Crippen molar-refractivity contribution in [3.8, 4) is 0 Å². The molecule has 126 valence electrons. The summed E-state index contributed by atoms with van der Waals surface area (Å²) < 4.78 is 5.42. The number of nitrogens with zero attached hydrogens (tertiary/aromatic N) is 2. The van der Waals surface area contributed by atoms with Crippen LogP contribution in [0.5, 0.6) is 0 Å². The Morgan fingerprint density at radius 3 is 2.74 bits per heavy atom. The maximum Gasteiger partial charge on any atom is 0.224 e. The summed E-state index contributed by atoms with van der Waals surface area (Å²) in [6, 6.07) is 8.72. The molecular weight excluding hydrogens is 290 g/mol. The monoisotopic (exact) mass is 317 g/mol. The zero-order valence-corrected chi connectivity index (χ0v) is 14.0. The quantitative estimate of drug-likeness (QED) is 0.900. The van der Waals surface area contributed by atoms with E-state index >= 15 is 0 Å². The number of carbonyl (C=O) groups is 1. The lowest BCUT2D eigenvalue weighted by Gasteiger charge is -2.36. The van der Waals surface area contributed by atoms with E-state index in [0.717, 1.165) is 45.9 Å². The number of rotatable bonds is 4. The summed E-state index contributed by atoms with van der Waals surface area (Å²) in [5.41, 5.74) is 2.73. The van der Waals surface area contributed by atoms with Crippen LogP contribution in [0.1, 0.15) is 17.5 Å². The lowest BCUT2D eigenvalue weighted by atomic mass is 10.1. The summed E-state index contributed by atoms with van der Waals surface area (Å²) in [6.45, 7) is 8.96. The van der Waals surface area contributed by atoms with E-state index in [2.05, 4.69) is 41.4 Å². The standard InChI is InChI=1S/C18H27N3O2/c1-15-4-2-3-5-16(15)13-20-7-9-21(10-8-20)18(22)12-17-14-23-11-6-19-17/h2-5,17,19H,6-14H2,1H3. The Morgan fingerprint density at radius 1 is 1.26 bits per heavy atom. The molecule has 1 aromatic carbocycles. The normalized spacial score (nSPS) is 23.0. The van der Waals surface area contributed by atoms with Crippen LogP contribution in [0.3, 0.4) is 0 Å². The van der Waals surface area contributed by atoms with E-state index in [9.17, 15) is 4.79 Å². The van der Waals surface area contributed by atoms with Gasteiger partial charge in [0.2, 0.25) is 5.91 Å². The van der Waals surface area contributed by atoms with Gasteiger partial charge in [-0.25, -0.2) is 0 Å². The number of aryl methyl sites for hydroxylation is 1. The van der Waals surface area contributed by atoms with Crippen molar-refractivity contribution in [2.75, 3.05) is 45.9 Å². The van der Waals surface area contributed by atoms with Gasteiger partial charge in [-0.05, 0) is 18.1 Å². The maximum absolute atomic E-state index is 12.4. The first kappa shape index (κ1) is 16.4. The molecule has 23 heavy (non-hydrogen) atoms. The highest BCUT2D eigenvalue weighted by atomic mass is 16.5. The van der Waals surface area contributed by atoms with Crippen molar-refractivity contribution >= 4 is 5.91 Å². The summed E-state index contributed by atoms with van der Waals surface area (Å²) in [5.74, 6) is 0.253. The Labute approximate surface area is 138 Å². The first-order valence-electron chi connectivity index (χ1n) is 8.58. The number of morpholine rings is 1. The predicted octanol–water partition coefficient (Wildman–Crippen LogP) is 1.02. The van der Waals surface area contributed by atoms with Gasteiger partial charge in [0.1, 0.15) is 0 Å².